The van der Waals surface area contributed by atoms with Gasteiger partial charge in [-0.1, -0.05) is 38.1 Å². The number of nitrogens with zero attached hydrogens (tertiary/aromatic N) is 3. The highest BCUT2D eigenvalue weighted by atomic mass is 16.3. The molecule has 0 radical (unpaired) electrons. The van der Waals surface area contributed by atoms with Crippen LogP contribution in [0.2, 0.25) is 0 Å². The van der Waals surface area contributed by atoms with Crippen LogP contribution in [0.3, 0.4) is 0 Å². The molecule has 3 rings (SSSR count). The topological polar surface area (TPSA) is 78.4 Å². The number of aliphatic hydroxyl groups excluding tert-OH is 1. The largest absolute Gasteiger partial charge is 0.390 e. The third-order valence-electron chi connectivity index (χ3n) is 3.99. The third-order valence-corrected chi connectivity index (χ3v) is 3.99. The van der Waals surface area contributed by atoms with Gasteiger partial charge in [0, 0.05) is 32.4 Å². The van der Waals surface area contributed by atoms with Crippen LogP contribution in [0.15, 0.2) is 42.9 Å². The lowest BCUT2D eigenvalue weighted by Gasteiger charge is -2.30. The van der Waals surface area contributed by atoms with E-state index >= 15 is 0 Å². The molecule has 25 heavy (non-hydrogen) atoms. The van der Waals surface area contributed by atoms with Gasteiger partial charge in [-0.2, -0.15) is 0 Å². The summed E-state index contributed by atoms with van der Waals surface area (Å²) in [6.07, 6.45) is 3.24. The molecule has 6 heteroatoms. The molecule has 2 N–H and O–H groups in total. The van der Waals surface area contributed by atoms with Gasteiger partial charge in [0.2, 0.25) is 0 Å². The van der Waals surface area contributed by atoms with Crippen LogP contribution in [0.4, 0.5) is 0 Å². The molecule has 1 aromatic carbocycles. The van der Waals surface area contributed by atoms with E-state index in [1.54, 1.807) is 6.07 Å². The van der Waals surface area contributed by atoms with E-state index < -0.39 is 6.10 Å². The van der Waals surface area contributed by atoms with Gasteiger partial charge < -0.3 is 10.4 Å². The zero-order chi connectivity index (χ0) is 18.1. The minimum atomic E-state index is -0.606. The molecule has 1 atom stereocenters. The number of rotatable bonds is 5. The van der Waals surface area contributed by atoms with E-state index in [0.29, 0.717) is 12.2 Å². The van der Waals surface area contributed by atoms with Gasteiger partial charge in [0.05, 0.1) is 6.10 Å². The molecule has 1 aliphatic rings. The molecule has 2 aromatic rings. The lowest BCUT2D eigenvalue weighted by molar-refractivity contribution is 0.0838. The molecule has 0 bridgehead atoms. The van der Waals surface area contributed by atoms with E-state index in [1.165, 1.54) is 23.7 Å². The second kappa shape index (κ2) is 9.86. The third kappa shape index (κ3) is 5.62. The highest BCUT2D eigenvalue weighted by molar-refractivity contribution is 5.92. The van der Waals surface area contributed by atoms with E-state index in [4.69, 9.17) is 0 Å². The molecular weight excluding hydrogens is 316 g/mol. The molecule has 1 aromatic heterocycles. The minimum absolute atomic E-state index is 0.209. The van der Waals surface area contributed by atoms with Crippen molar-refractivity contribution in [2.45, 2.75) is 32.9 Å². The first kappa shape index (κ1) is 19.0. The highest BCUT2D eigenvalue weighted by Gasteiger charge is 2.19. The molecule has 2 heterocycles. The van der Waals surface area contributed by atoms with E-state index in [0.717, 1.165) is 19.5 Å². The summed E-state index contributed by atoms with van der Waals surface area (Å²) in [5.74, 6) is -0.296. The number of hydrogen-bond donors (Lipinski definition) is 2. The van der Waals surface area contributed by atoms with Crippen LogP contribution in [-0.4, -0.2) is 51.6 Å². The Morgan fingerprint density at radius 3 is 2.76 bits per heavy atom. The van der Waals surface area contributed by atoms with Gasteiger partial charge in [0.1, 0.15) is 12.0 Å². The minimum Gasteiger partial charge on any atom is -0.390 e. The van der Waals surface area contributed by atoms with Gasteiger partial charge in [-0.3, -0.25) is 9.69 Å². The summed E-state index contributed by atoms with van der Waals surface area (Å²) in [6, 6.07) is 9.94. The van der Waals surface area contributed by atoms with Crippen molar-refractivity contribution >= 4 is 5.91 Å². The Labute approximate surface area is 148 Å². The summed E-state index contributed by atoms with van der Waals surface area (Å²) in [7, 11) is 0. The summed E-state index contributed by atoms with van der Waals surface area (Å²) in [6.45, 7) is 6.51. The first-order chi connectivity index (χ1) is 12.2. The van der Waals surface area contributed by atoms with Crippen molar-refractivity contribution in [1.29, 1.82) is 0 Å². The average Bonchev–Trinajstić information content (AvgIpc) is 2.68. The summed E-state index contributed by atoms with van der Waals surface area (Å²) in [4.78, 5) is 21.7. The van der Waals surface area contributed by atoms with Crippen molar-refractivity contribution in [3.63, 3.8) is 0 Å². The zero-order valence-electron chi connectivity index (χ0n) is 14.9. The van der Waals surface area contributed by atoms with Crippen LogP contribution in [0.1, 0.15) is 35.5 Å². The van der Waals surface area contributed by atoms with Gasteiger partial charge in [0.15, 0.2) is 0 Å². The number of carbonyl (C=O) groups is 1. The fraction of sp³-hybridized carbons (Fsp3) is 0.421. The predicted molar refractivity (Wildman–Crippen MR) is 97.1 cm³/mol. The molecule has 6 nitrogen and oxygen atoms in total. The molecule has 134 valence electrons. The maximum atomic E-state index is 11.9. The smallest absolute Gasteiger partial charge is 0.270 e. The van der Waals surface area contributed by atoms with Gasteiger partial charge in [-0.25, -0.2) is 9.97 Å². The van der Waals surface area contributed by atoms with E-state index in [2.05, 4.69) is 38.4 Å². The number of fused-ring (bicyclic) bond motifs is 1. The van der Waals surface area contributed by atoms with Crippen molar-refractivity contribution in [3.05, 3.63) is 59.7 Å². The Hall–Kier alpha value is -2.31. The lowest BCUT2D eigenvalue weighted by atomic mass is 10.00. The fourth-order valence-electron chi connectivity index (χ4n) is 2.80. The molecule has 0 spiro atoms. The average molecular weight is 342 g/mol. The van der Waals surface area contributed by atoms with E-state index in [9.17, 15) is 9.90 Å². The molecule has 0 fully saturated rings. The molecular formula is C19H26N4O2. The van der Waals surface area contributed by atoms with Crippen LogP contribution in [0.25, 0.3) is 0 Å². The molecule has 1 unspecified atom stereocenters. The van der Waals surface area contributed by atoms with Gasteiger partial charge in [-0.05, 0) is 23.6 Å². The molecule has 1 aliphatic heterocycles. The standard InChI is InChI=1S/C17H20N4O2.C2H6/c22-15(9-19-17(23)16-5-7-18-12-20-16)11-21-8-6-13-3-1-2-4-14(13)10-21;1-2/h1-5,7,12,15,22H,6,8-11H2,(H,19,23);1-2H3. The number of aliphatic hydroxyl groups is 1. The molecule has 1 amide bonds. The van der Waals surface area contributed by atoms with Crippen molar-refractivity contribution in [2.75, 3.05) is 19.6 Å². The summed E-state index contributed by atoms with van der Waals surface area (Å²) >= 11 is 0. The second-order valence-corrected chi connectivity index (χ2v) is 5.71. The summed E-state index contributed by atoms with van der Waals surface area (Å²) < 4.78 is 0. The van der Waals surface area contributed by atoms with Crippen LogP contribution in [0.5, 0.6) is 0 Å². The van der Waals surface area contributed by atoms with Crippen LogP contribution >= 0.6 is 0 Å². The van der Waals surface area contributed by atoms with Gasteiger partial charge in [0.25, 0.3) is 5.91 Å². The zero-order valence-corrected chi connectivity index (χ0v) is 14.9. The molecule has 0 saturated heterocycles. The summed E-state index contributed by atoms with van der Waals surface area (Å²) in [5.41, 5.74) is 3.00. The first-order valence-electron chi connectivity index (χ1n) is 8.74. The monoisotopic (exact) mass is 342 g/mol. The normalized spacial score (nSPS) is 14.7. The number of amides is 1. The van der Waals surface area contributed by atoms with Gasteiger partial charge >= 0.3 is 0 Å². The number of nitrogens with one attached hydrogen (secondary N) is 1. The Morgan fingerprint density at radius 1 is 1.28 bits per heavy atom. The molecule has 0 aliphatic carbocycles. The quantitative estimate of drug-likeness (QED) is 0.864. The maximum Gasteiger partial charge on any atom is 0.270 e. The SMILES string of the molecule is CC.O=C(NCC(O)CN1CCc2ccccc2C1)c1ccncn1. The summed E-state index contributed by atoms with van der Waals surface area (Å²) in [5, 5.41) is 12.9. The number of aromatic nitrogens is 2. The van der Waals surface area contributed by atoms with Crippen molar-refractivity contribution in [1.82, 2.24) is 20.2 Å². The highest BCUT2D eigenvalue weighted by Crippen LogP contribution is 2.18. The van der Waals surface area contributed by atoms with Crippen molar-refractivity contribution in [3.8, 4) is 0 Å². The Kier molecular flexibility index (Phi) is 7.50. The fourth-order valence-corrected chi connectivity index (χ4v) is 2.80. The van der Waals surface area contributed by atoms with Crippen molar-refractivity contribution in [2.24, 2.45) is 0 Å². The number of β-amino-alcohol motifs (C(OH)–C–C–N with tert-alkyl or cyclic N) is 1. The first-order valence-corrected chi connectivity index (χ1v) is 8.74. The number of hydrogen-bond acceptors (Lipinski definition) is 5. The van der Waals surface area contributed by atoms with Crippen LogP contribution < -0.4 is 5.32 Å². The number of carbonyl (C=O) groups excluding carboxylic acids is 1. The van der Waals surface area contributed by atoms with Crippen LogP contribution in [-0.2, 0) is 13.0 Å². The van der Waals surface area contributed by atoms with Crippen LogP contribution in [0, 0.1) is 0 Å². The predicted octanol–water partition coefficient (Wildman–Crippen LogP) is 1.65. The van der Waals surface area contributed by atoms with Crippen molar-refractivity contribution < 1.29 is 9.90 Å². The Balaban J connectivity index is 0.00000109. The maximum absolute atomic E-state index is 11.9. The molecule has 0 saturated carbocycles. The number of benzene rings is 1. The van der Waals surface area contributed by atoms with Gasteiger partial charge in [-0.15, -0.1) is 0 Å². The Bertz CT molecular complexity index is 663. The second-order valence-electron chi connectivity index (χ2n) is 5.71. The Morgan fingerprint density at radius 2 is 2.04 bits per heavy atom. The van der Waals surface area contributed by atoms with E-state index in [-0.39, 0.29) is 12.5 Å². The van der Waals surface area contributed by atoms with E-state index in [1.807, 2.05) is 19.9 Å². The lowest BCUT2D eigenvalue weighted by Crippen LogP contribution is -2.42.